The van der Waals surface area contributed by atoms with Gasteiger partial charge in [-0.2, -0.15) is 4.68 Å². The Morgan fingerprint density at radius 3 is 2.58 bits per heavy atom. The van der Waals surface area contributed by atoms with Crippen LogP contribution in [0.5, 0.6) is 0 Å². The molecule has 9 nitrogen and oxygen atoms in total. The molecule has 24 heavy (non-hydrogen) atoms. The number of amides is 1. The monoisotopic (exact) mass is 332 g/mol. The van der Waals surface area contributed by atoms with Crippen molar-refractivity contribution in [2.45, 2.75) is 32.4 Å². The second-order valence-electron chi connectivity index (χ2n) is 5.32. The number of hydrogen-bond acceptors (Lipinski definition) is 6. The molecule has 0 saturated carbocycles. The van der Waals surface area contributed by atoms with Crippen LogP contribution in [0.3, 0.4) is 0 Å². The minimum Gasteiger partial charge on any atom is -0.480 e. The number of carbonyl (C=O) groups excluding carboxylic acids is 1. The SMILES string of the molecule is CCC(Nc1nnnn1-c1ccccc1)C(=O)N(C)C(C)C(=O)O. The van der Waals surface area contributed by atoms with Gasteiger partial charge in [0.25, 0.3) is 0 Å². The second kappa shape index (κ2) is 7.53. The van der Waals surface area contributed by atoms with Crippen LogP contribution in [0, 0.1) is 0 Å². The fraction of sp³-hybridized carbons (Fsp3) is 0.400. The molecule has 2 rings (SSSR count). The molecular formula is C15H20N6O3. The summed E-state index contributed by atoms with van der Waals surface area (Å²) in [7, 11) is 1.46. The van der Waals surface area contributed by atoms with Crippen LogP contribution in [0.25, 0.3) is 5.69 Å². The molecule has 0 bridgehead atoms. The van der Waals surface area contributed by atoms with E-state index in [0.29, 0.717) is 12.4 Å². The minimum atomic E-state index is -1.06. The quantitative estimate of drug-likeness (QED) is 0.770. The molecule has 2 aromatic rings. The molecule has 9 heteroatoms. The molecule has 1 heterocycles. The third-order valence-corrected chi connectivity index (χ3v) is 3.77. The lowest BCUT2D eigenvalue weighted by atomic mass is 10.1. The summed E-state index contributed by atoms with van der Waals surface area (Å²) in [6.45, 7) is 3.28. The van der Waals surface area contributed by atoms with Gasteiger partial charge in [0.1, 0.15) is 12.1 Å². The highest BCUT2D eigenvalue weighted by atomic mass is 16.4. The Morgan fingerprint density at radius 2 is 2.00 bits per heavy atom. The van der Waals surface area contributed by atoms with E-state index in [1.165, 1.54) is 23.6 Å². The maximum atomic E-state index is 12.5. The Balaban J connectivity index is 2.19. The summed E-state index contributed by atoms with van der Waals surface area (Å²) in [6, 6.07) is 7.70. The van der Waals surface area contributed by atoms with Gasteiger partial charge in [0.15, 0.2) is 0 Å². The van der Waals surface area contributed by atoms with Gasteiger partial charge >= 0.3 is 5.97 Å². The Kier molecular flexibility index (Phi) is 5.46. The zero-order valence-corrected chi connectivity index (χ0v) is 13.7. The van der Waals surface area contributed by atoms with E-state index in [1.807, 2.05) is 37.3 Å². The first-order chi connectivity index (χ1) is 11.5. The lowest BCUT2D eigenvalue weighted by Crippen LogP contribution is -2.47. The summed E-state index contributed by atoms with van der Waals surface area (Å²) in [5.41, 5.74) is 0.750. The van der Waals surface area contributed by atoms with Crippen molar-refractivity contribution in [1.82, 2.24) is 25.1 Å². The number of anilines is 1. The number of carbonyl (C=O) groups is 2. The summed E-state index contributed by atoms with van der Waals surface area (Å²) in [5, 5.41) is 23.5. The molecule has 2 N–H and O–H groups in total. The summed E-state index contributed by atoms with van der Waals surface area (Å²) < 4.78 is 1.48. The molecule has 0 radical (unpaired) electrons. The molecule has 0 aliphatic heterocycles. The molecule has 128 valence electrons. The summed E-state index contributed by atoms with van der Waals surface area (Å²) >= 11 is 0. The second-order valence-corrected chi connectivity index (χ2v) is 5.32. The van der Waals surface area contributed by atoms with Crippen molar-refractivity contribution in [1.29, 1.82) is 0 Å². The maximum absolute atomic E-state index is 12.5. The normalized spacial score (nSPS) is 13.1. The van der Waals surface area contributed by atoms with Crippen molar-refractivity contribution in [2.24, 2.45) is 0 Å². The molecule has 0 aliphatic rings. The predicted octanol–water partition coefficient (Wildman–Crippen LogP) is 0.784. The van der Waals surface area contributed by atoms with E-state index in [9.17, 15) is 9.59 Å². The summed E-state index contributed by atoms with van der Waals surface area (Å²) in [4.78, 5) is 24.8. The molecule has 0 fully saturated rings. The first-order valence-corrected chi connectivity index (χ1v) is 7.55. The molecule has 1 aromatic heterocycles. The molecule has 1 amide bonds. The Morgan fingerprint density at radius 1 is 1.33 bits per heavy atom. The standard InChI is InChI=1S/C15H20N6O3/c1-4-12(13(22)20(3)10(2)14(23)24)16-15-17-18-19-21(15)11-8-6-5-7-9-11/h5-10,12H,4H2,1-3H3,(H,23,24)(H,16,17,19). The molecule has 2 unspecified atom stereocenters. The van der Waals surface area contributed by atoms with Crippen LogP contribution < -0.4 is 5.32 Å². The van der Waals surface area contributed by atoms with E-state index in [-0.39, 0.29) is 5.91 Å². The number of nitrogens with zero attached hydrogens (tertiary/aromatic N) is 5. The highest BCUT2D eigenvalue weighted by Gasteiger charge is 2.28. The first kappa shape index (κ1) is 17.4. The third kappa shape index (κ3) is 3.67. The number of carboxylic acid groups (broad SMARTS) is 1. The maximum Gasteiger partial charge on any atom is 0.326 e. The van der Waals surface area contributed by atoms with Crippen molar-refractivity contribution in [3.05, 3.63) is 30.3 Å². The lowest BCUT2D eigenvalue weighted by Gasteiger charge is -2.26. The molecule has 0 spiro atoms. The fourth-order valence-electron chi connectivity index (χ4n) is 2.12. The van der Waals surface area contributed by atoms with Crippen molar-refractivity contribution < 1.29 is 14.7 Å². The molecule has 1 aromatic carbocycles. The number of hydrogen-bond donors (Lipinski definition) is 2. The Hall–Kier alpha value is -2.97. The number of benzene rings is 1. The number of para-hydroxylation sites is 1. The first-order valence-electron chi connectivity index (χ1n) is 7.55. The number of aliphatic carboxylic acids is 1. The van der Waals surface area contributed by atoms with Gasteiger partial charge in [-0.25, -0.2) is 4.79 Å². The Bertz CT molecular complexity index is 702. The van der Waals surface area contributed by atoms with Gasteiger partial charge in [-0.1, -0.05) is 30.2 Å². The minimum absolute atomic E-state index is 0.317. The van der Waals surface area contributed by atoms with Crippen LogP contribution in [0.1, 0.15) is 20.3 Å². The number of rotatable bonds is 7. The van der Waals surface area contributed by atoms with Crippen LogP contribution in [-0.2, 0) is 9.59 Å². The van der Waals surface area contributed by atoms with E-state index in [4.69, 9.17) is 5.11 Å². The van der Waals surface area contributed by atoms with E-state index < -0.39 is 18.1 Å². The smallest absolute Gasteiger partial charge is 0.326 e. The largest absolute Gasteiger partial charge is 0.480 e. The van der Waals surface area contributed by atoms with Gasteiger partial charge in [-0.05, 0) is 35.9 Å². The highest BCUT2D eigenvalue weighted by molar-refractivity contribution is 5.88. The van der Waals surface area contributed by atoms with E-state index in [0.717, 1.165) is 5.69 Å². The van der Waals surface area contributed by atoms with Gasteiger partial charge in [0.05, 0.1) is 5.69 Å². The number of nitrogens with one attached hydrogen (secondary N) is 1. The van der Waals surface area contributed by atoms with Gasteiger partial charge in [-0.3, -0.25) is 4.79 Å². The van der Waals surface area contributed by atoms with Crippen LogP contribution in [-0.4, -0.2) is 61.2 Å². The third-order valence-electron chi connectivity index (χ3n) is 3.77. The average molecular weight is 332 g/mol. The predicted molar refractivity (Wildman–Crippen MR) is 86.7 cm³/mol. The highest BCUT2D eigenvalue weighted by Crippen LogP contribution is 2.14. The topological polar surface area (TPSA) is 113 Å². The van der Waals surface area contributed by atoms with E-state index >= 15 is 0 Å². The van der Waals surface area contributed by atoms with Crippen molar-refractivity contribution in [2.75, 3.05) is 12.4 Å². The lowest BCUT2D eigenvalue weighted by molar-refractivity contribution is -0.148. The fourth-order valence-corrected chi connectivity index (χ4v) is 2.12. The van der Waals surface area contributed by atoms with Gasteiger partial charge < -0.3 is 15.3 Å². The molecule has 0 saturated heterocycles. The molecular weight excluding hydrogens is 312 g/mol. The van der Waals surface area contributed by atoms with Gasteiger partial charge in [-0.15, -0.1) is 0 Å². The van der Waals surface area contributed by atoms with Crippen molar-refractivity contribution in [3.63, 3.8) is 0 Å². The van der Waals surface area contributed by atoms with Crippen LogP contribution in [0.2, 0.25) is 0 Å². The van der Waals surface area contributed by atoms with Crippen LogP contribution >= 0.6 is 0 Å². The summed E-state index contributed by atoms with van der Waals surface area (Å²) in [6.07, 6.45) is 0.456. The van der Waals surface area contributed by atoms with E-state index in [1.54, 1.807) is 0 Å². The molecule has 0 aliphatic carbocycles. The van der Waals surface area contributed by atoms with Crippen molar-refractivity contribution >= 4 is 17.8 Å². The van der Waals surface area contributed by atoms with Crippen LogP contribution in [0.15, 0.2) is 30.3 Å². The number of tetrazole rings is 1. The molecule has 2 atom stereocenters. The number of likely N-dealkylation sites (N-methyl/N-ethyl adjacent to an activating group) is 1. The average Bonchev–Trinajstić information content (AvgIpc) is 3.06. The Labute approximate surface area is 139 Å². The zero-order chi connectivity index (χ0) is 17.7. The van der Waals surface area contributed by atoms with Gasteiger partial charge in [0.2, 0.25) is 11.9 Å². The summed E-state index contributed by atoms with van der Waals surface area (Å²) in [5.74, 6) is -1.08. The van der Waals surface area contributed by atoms with Crippen LogP contribution in [0.4, 0.5) is 5.95 Å². The van der Waals surface area contributed by atoms with E-state index in [2.05, 4.69) is 20.8 Å². The van der Waals surface area contributed by atoms with Crippen molar-refractivity contribution in [3.8, 4) is 5.69 Å². The zero-order valence-electron chi connectivity index (χ0n) is 13.7. The van der Waals surface area contributed by atoms with Gasteiger partial charge in [0, 0.05) is 7.05 Å². The number of aromatic nitrogens is 4. The number of carboxylic acids is 1.